The average Bonchev–Trinajstić information content (AvgIpc) is 2.98. The maximum atomic E-state index is 11.5. The Morgan fingerprint density at radius 2 is 1.43 bits per heavy atom. The quantitative estimate of drug-likeness (QED) is 0.551. The second kappa shape index (κ2) is 6.97. The van der Waals surface area contributed by atoms with E-state index in [1.54, 1.807) is 0 Å². The first-order valence-electron chi connectivity index (χ1n) is 6.79. The van der Waals surface area contributed by atoms with Crippen LogP contribution in [0, 0.1) is 0 Å². The van der Waals surface area contributed by atoms with Crippen LogP contribution in [0.3, 0.4) is 0 Å². The summed E-state index contributed by atoms with van der Waals surface area (Å²) in [5.74, 6) is -3.19. The van der Waals surface area contributed by atoms with Gasteiger partial charge in [0, 0.05) is 30.8 Å². The summed E-state index contributed by atoms with van der Waals surface area (Å²) in [4.78, 5) is 58.5. The fraction of sp³-hybridized carbons (Fsp3) is 0.357. The number of ether oxygens (including phenoxy) is 1. The van der Waals surface area contributed by atoms with Crippen LogP contribution in [0.4, 0.5) is 0 Å². The van der Waals surface area contributed by atoms with Crippen LogP contribution >= 0.6 is 0 Å². The topological polar surface area (TPSA) is 121 Å². The predicted molar refractivity (Wildman–Crippen MR) is 73.7 cm³/mol. The molecule has 0 bridgehead atoms. The number of amides is 4. The summed E-state index contributed by atoms with van der Waals surface area (Å²) in [6.07, 6.45) is 3.77. The lowest BCUT2D eigenvalue weighted by Crippen LogP contribution is -2.41. The molecule has 9 heteroatoms. The van der Waals surface area contributed by atoms with E-state index in [0.29, 0.717) is 0 Å². The van der Waals surface area contributed by atoms with Crippen LogP contribution in [0.2, 0.25) is 0 Å². The van der Waals surface area contributed by atoms with Gasteiger partial charge in [0.25, 0.3) is 23.6 Å². The van der Waals surface area contributed by atoms with Crippen LogP contribution < -0.4 is 0 Å². The van der Waals surface area contributed by atoms with Crippen molar-refractivity contribution < 1.29 is 33.8 Å². The van der Waals surface area contributed by atoms with Gasteiger partial charge in [-0.15, -0.1) is 0 Å². The SMILES string of the molecule is O=C(O)COC(CCN1C(=O)C=CC1=O)CN1C(=O)C=CC1=O. The van der Waals surface area contributed by atoms with Gasteiger partial charge in [0.2, 0.25) is 0 Å². The highest BCUT2D eigenvalue weighted by Gasteiger charge is 2.29. The Morgan fingerprint density at radius 3 is 1.91 bits per heavy atom. The van der Waals surface area contributed by atoms with Crippen LogP contribution in [0.25, 0.3) is 0 Å². The molecule has 0 aromatic rings. The molecule has 1 atom stereocenters. The van der Waals surface area contributed by atoms with Gasteiger partial charge in [0.15, 0.2) is 0 Å². The smallest absolute Gasteiger partial charge is 0.329 e. The van der Waals surface area contributed by atoms with Crippen molar-refractivity contribution in [3.8, 4) is 0 Å². The van der Waals surface area contributed by atoms with Crippen LogP contribution in [0.15, 0.2) is 24.3 Å². The highest BCUT2D eigenvalue weighted by molar-refractivity contribution is 6.13. The van der Waals surface area contributed by atoms with Crippen molar-refractivity contribution in [1.29, 1.82) is 0 Å². The molecule has 1 unspecified atom stereocenters. The first kappa shape index (κ1) is 16.6. The summed E-state index contributed by atoms with van der Waals surface area (Å²) in [6, 6.07) is 0. The second-order valence-corrected chi connectivity index (χ2v) is 4.90. The molecule has 0 fully saturated rings. The van der Waals surface area contributed by atoms with Crippen LogP contribution in [0.1, 0.15) is 6.42 Å². The van der Waals surface area contributed by atoms with Crippen LogP contribution in [0.5, 0.6) is 0 Å². The first-order chi connectivity index (χ1) is 10.9. The molecule has 0 radical (unpaired) electrons. The molecule has 2 rings (SSSR count). The fourth-order valence-electron chi connectivity index (χ4n) is 2.16. The van der Waals surface area contributed by atoms with E-state index in [9.17, 15) is 24.0 Å². The lowest BCUT2D eigenvalue weighted by Gasteiger charge is -2.24. The normalized spacial score (nSPS) is 18.4. The van der Waals surface area contributed by atoms with Gasteiger partial charge in [0.05, 0.1) is 12.6 Å². The number of carbonyl (C=O) groups is 5. The van der Waals surface area contributed by atoms with Crippen LogP contribution in [-0.4, -0.2) is 70.3 Å². The molecule has 0 aliphatic carbocycles. The minimum atomic E-state index is -1.21. The zero-order valence-corrected chi connectivity index (χ0v) is 12.0. The number of nitrogens with zero attached hydrogens (tertiary/aromatic N) is 2. The third-order valence-corrected chi connectivity index (χ3v) is 3.30. The standard InChI is InChI=1S/C14H14N2O7/c17-10-1-2-11(18)15(10)6-5-9(23-8-14(21)22)7-16-12(19)3-4-13(16)20/h1-4,9H,5-8H2,(H,21,22). The number of imide groups is 2. The van der Waals surface area contributed by atoms with Crippen LogP contribution in [-0.2, 0) is 28.7 Å². The van der Waals surface area contributed by atoms with Crippen molar-refractivity contribution in [3.63, 3.8) is 0 Å². The zero-order valence-electron chi connectivity index (χ0n) is 12.0. The maximum absolute atomic E-state index is 11.5. The second-order valence-electron chi connectivity index (χ2n) is 4.90. The minimum Gasteiger partial charge on any atom is -0.480 e. The molecular formula is C14H14N2O7. The fourth-order valence-corrected chi connectivity index (χ4v) is 2.16. The molecular weight excluding hydrogens is 308 g/mol. The van der Waals surface area contributed by atoms with E-state index < -0.39 is 42.3 Å². The molecule has 23 heavy (non-hydrogen) atoms. The van der Waals surface area contributed by atoms with Gasteiger partial charge in [-0.05, 0) is 6.42 Å². The third kappa shape index (κ3) is 4.10. The Morgan fingerprint density at radius 1 is 0.957 bits per heavy atom. The van der Waals surface area contributed by atoms with Crippen molar-refractivity contribution in [2.45, 2.75) is 12.5 Å². The molecule has 2 aliphatic heterocycles. The number of rotatable bonds is 8. The lowest BCUT2D eigenvalue weighted by atomic mass is 10.2. The minimum absolute atomic E-state index is 0.00139. The molecule has 0 aromatic heterocycles. The molecule has 0 saturated carbocycles. The Bertz CT molecular complexity index is 587. The van der Waals surface area contributed by atoms with E-state index in [1.807, 2.05) is 0 Å². The largest absolute Gasteiger partial charge is 0.480 e. The lowest BCUT2D eigenvalue weighted by molar-refractivity contribution is -0.148. The van der Waals surface area contributed by atoms with E-state index in [0.717, 1.165) is 34.1 Å². The number of carbonyl (C=O) groups excluding carboxylic acids is 4. The van der Waals surface area contributed by atoms with Gasteiger partial charge >= 0.3 is 5.97 Å². The average molecular weight is 322 g/mol. The number of hydrogen-bond donors (Lipinski definition) is 1. The molecule has 1 N–H and O–H groups in total. The Labute approximate surface area is 130 Å². The number of carboxylic acids is 1. The summed E-state index contributed by atoms with van der Waals surface area (Å²) in [5, 5.41) is 8.68. The molecule has 4 amide bonds. The van der Waals surface area contributed by atoms with Crippen molar-refractivity contribution in [2.24, 2.45) is 0 Å². The monoisotopic (exact) mass is 322 g/mol. The summed E-state index contributed by atoms with van der Waals surface area (Å²) in [7, 11) is 0. The van der Waals surface area contributed by atoms with Crippen molar-refractivity contribution >= 4 is 29.6 Å². The third-order valence-electron chi connectivity index (χ3n) is 3.30. The number of carboxylic acid groups (broad SMARTS) is 1. The maximum Gasteiger partial charge on any atom is 0.329 e. The van der Waals surface area contributed by atoms with E-state index in [1.165, 1.54) is 0 Å². The molecule has 0 spiro atoms. The number of aliphatic carboxylic acids is 1. The van der Waals surface area contributed by atoms with Gasteiger partial charge in [-0.3, -0.25) is 29.0 Å². The summed E-state index contributed by atoms with van der Waals surface area (Å²) < 4.78 is 5.15. The summed E-state index contributed by atoms with van der Waals surface area (Å²) in [5.41, 5.74) is 0. The van der Waals surface area contributed by atoms with Gasteiger partial charge in [-0.1, -0.05) is 0 Å². The predicted octanol–water partition coefficient (Wildman–Crippen LogP) is -1.30. The molecule has 0 aromatic carbocycles. The van der Waals surface area contributed by atoms with E-state index in [-0.39, 0.29) is 19.5 Å². The molecule has 9 nitrogen and oxygen atoms in total. The highest BCUT2D eigenvalue weighted by atomic mass is 16.5. The van der Waals surface area contributed by atoms with Gasteiger partial charge in [-0.25, -0.2) is 4.79 Å². The summed E-state index contributed by atoms with van der Waals surface area (Å²) in [6.45, 7) is -0.769. The Kier molecular flexibility index (Phi) is 5.02. The Balaban J connectivity index is 1.95. The zero-order chi connectivity index (χ0) is 17.0. The molecule has 0 saturated heterocycles. The van der Waals surface area contributed by atoms with E-state index >= 15 is 0 Å². The molecule has 2 heterocycles. The van der Waals surface area contributed by atoms with E-state index in [4.69, 9.17) is 9.84 Å². The van der Waals surface area contributed by atoms with Gasteiger partial charge in [0.1, 0.15) is 6.61 Å². The molecule has 122 valence electrons. The number of hydrogen-bond acceptors (Lipinski definition) is 6. The Hall–Kier alpha value is -2.81. The van der Waals surface area contributed by atoms with Gasteiger partial charge in [-0.2, -0.15) is 0 Å². The first-order valence-corrected chi connectivity index (χ1v) is 6.79. The summed E-state index contributed by atoms with van der Waals surface area (Å²) >= 11 is 0. The van der Waals surface area contributed by atoms with Gasteiger partial charge < -0.3 is 9.84 Å². The van der Waals surface area contributed by atoms with Crippen molar-refractivity contribution in [1.82, 2.24) is 9.80 Å². The van der Waals surface area contributed by atoms with Crippen molar-refractivity contribution in [2.75, 3.05) is 19.7 Å². The molecule has 2 aliphatic rings. The van der Waals surface area contributed by atoms with E-state index in [2.05, 4.69) is 0 Å². The highest BCUT2D eigenvalue weighted by Crippen LogP contribution is 2.12. The van der Waals surface area contributed by atoms with Crippen molar-refractivity contribution in [3.05, 3.63) is 24.3 Å².